The van der Waals surface area contributed by atoms with Crippen molar-refractivity contribution in [3.63, 3.8) is 0 Å². The number of nitrogens with one attached hydrogen (secondary N) is 2. The number of hydrogen-bond acceptors (Lipinski definition) is 4. The maximum Gasteiger partial charge on any atom is 0.244 e. The van der Waals surface area contributed by atoms with Crippen LogP contribution in [0, 0.1) is 0 Å². The normalized spacial score (nSPS) is 14.4. The minimum absolute atomic E-state index is 0.0786. The average molecular weight is 362 g/mol. The number of anilines is 1. The number of likely N-dealkylation sites (tertiary alicyclic amines) is 1. The molecule has 0 aromatic heterocycles. The second-order valence-electron chi connectivity index (χ2n) is 6.13. The number of carbonyl (C=O) groups is 1. The van der Waals surface area contributed by atoms with Crippen molar-refractivity contribution in [1.29, 1.82) is 0 Å². The van der Waals surface area contributed by atoms with Crippen LogP contribution in [0.2, 0.25) is 0 Å². The standard InChI is InChI=1S/C19H30N4O3/c1-3-20-19(21-15-18(24)23-10-4-5-11-23)22-16-8-6-9-17(14-16)26-13-7-12-25-2/h6,8-9,14H,3-5,7,10-13,15H2,1-2H3,(H2,20,21,22). The van der Waals surface area contributed by atoms with Gasteiger partial charge < -0.3 is 25.0 Å². The molecule has 1 fully saturated rings. The quantitative estimate of drug-likeness (QED) is 0.400. The van der Waals surface area contributed by atoms with Crippen molar-refractivity contribution >= 4 is 17.6 Å². The molecule has 1 aliphatic rings. The van der Waals surface area contributed by atoms with Crippen molar-refractivity contribution in [3.8, 4) is 5.75 Å². The molecular formula is C19H30N4O3. The minimum atomic E-state index is 0.0786. The van der Waals surface area contributed by atoms with Crippen molar-refractivity contribution in [1.82, 2.24) is 10.2 Å². The highest BCUT2D eigenvalue weighted by molar-refractivity contribution is 5.95. The number of nitrogens with zero attached hydrogens (tertiary/aromatic N) is 2. The highest BCUT2D eigenvalue weighted by atomic mass is 16.5. The summed E-state index contributed by atoms with van der Waals surface area (Å²) in [5.74, 6) is 1.46. The summed E-state index contributed by atoms with van der Waals surface area (Å²) in [6.45, 7) is 5.85. The van der Waals surface area contributed by atoms with E-state index in [2.05, 4.69) is 15.6 Å². The van der Waals surface area contributed by atoms with Gasteiger partial charge in [-0.2, -0.15) is 0 Å². The Balaban J connectivity index is 1.91. The summed E-state index contributed by atoms with van der Waals surface area (Å²) in [4.78, 5) is 18.5. The molecule has 1 aromatic carbocycles. The van der Waals surface area contributed by atoms with Gasteiger partial charge in [0, 0.05) is 51.5 Å². The third-order valence-electron chi connectivity index (χ3n) is 4.03. The number of hydrogen-bond donors (Lipinski definition) is 2. The minimum Gasteiger partial charge on any atom is -0.493 e. The first-order chi connectivity index (χ1) is 12.7. The molecule has 144 valence electrons. The highest BCUT2D eigenvalue weighted by Gasteiger charge is 2.17. The Kier molecular flexibility index (Phi) is 8.75. The Morgan fingerprint density at radius 2 is 2.08 bits per heavy atom. The van der Waals surface area contributed by atoms with Gasteiger partial charge in [0.1, 0.15) is 12.3 Å². The molecule has 26 heavy (non-hydrogen) atoms. The maximum absolute atomic E-state index is 12.2. The lowest BCUT2D eigenvalue weighted by atomic mass is 10.3. The van der Waals surface area contributed by atoms with Gasteiger partial charge in [0.05, 0.1) is 6.61 Å². The van der Waals surface area contributed by atoms with E-state index in [0.717, 1.165) is 50.3 Å². The topological polar surface area (TPSA) is 75.2 Å². The molecule has 1 heterocycles. The highest BCUT2D eigenvalue weighted by Crippen LogP contribution is 2.17. The number of methoxy groups -OCH3 is 1. The summed E-state index contributed by atoms with van der Waals surface area (Å²) in [6.07, 6.45) is 3.02. The second-order valence-corrected chi connectivity index (χ2v) is 6.13. The third kappa shape index (κ3) is 6.92. The van der Waals surface area contributed by atoms with Gasteiger partial charge in [0.15, 0.2) is 5.96 Å². The molecule has 1 saturated heterocycles. The number of carbonyl (C=O) groups excluding carboxylic acids is 1. The molecule has 0 unspecified atom stereocenters. The zero-order valence-electron chi connectivity index (χ0n) is 15.8. The Bertz CT molecular complexity index is 586. The number of rotatable bonds is 9. The van der Waals surface area contributed by atoms with Crippen molar-refractivity contribution in [2.45, 2.75) is 26.2 Å². The average Bonchev–Trinajstić information content (AvgIpc) is 3.18. The fourth-order valence-electron chi connectivity index (χ4n) is 2.71. The lowest BCUT2D eigenvalue weighted by Gasteiger charge is -2.15. The SMILES string of the molecule is CCNC(=NCC(=O)N1CCCC1)Nc1cccc(OCCCOC)c1. The van der Waals surface area contributed by atoms with Crippen LogP contribution in [0.25, 0.3) is 0 Å². The summed E-state index contributed by atoms with van der Waals surface area (Å²) in [5, 5.41) is 6.40. The largest absolute Gasteiger partial charge is 0.493 e. The summed E-state index contributed by atoms with van der Waals surface area (Å²) in [5.41, 5.74) is 0.863. The van der Waals surface area contributed by atoms with Gasteiger partial charge in [-0.15, -0.1) is 0 Å². The van der Waals surface area contributed by atoms with E-state index in [1.165, 1.54) is 0 Å². The van der Waals surface area contributed by atoms with Crippen molar-refractivity contribution in [2.24, 2.45) is 4.99 Å². The van der Waals surface area contributed by atoms with Gasteiger partial charge >= 0.3 is 0 Å². The molecular weight excluding hydrogens is 332 g/mol. The fourth-order valence-corrected chi connectivity index (χ4v) is 2.71. The molecule has 1 amide bonds. The van der Waals surface area contributed by atoms with Crippen molar-refractivity contribution < 1.29 is 14.3 Å². The van der Waals surface area contributed by atoms with Crippen LogP contribution in [0.4, 0.5) is 5.69 Å². The Morgan fingerprint density at radius 3 is 2.81 bits per heavy atom. The predicted octanol–water partition coefficient (Wildman–Crippen LogP) is 2.10. The second kappa shape index (κ2) is 11.4. The summed E-state index contributed by atoms with van der Waals surface area (Å²) < 4.78 is 10.7. The molecule has 7 nitrogen and oxygen atoms in total. The van der Waals surface area contributed by atoms with Gasteiger partial charge in [0.2, 0.25) is 5.91 Å². The van der Waals surface area contributed by atoms with Crippen LogP contribution in [0.3, 0.4) is 0 Å². The van der Waals surface area contributed by atoms with Crippen LogP contribution in [-0.4, -0.2) is 63.3 Å². The monoisotopic (exact) mass is 362 g/mol. The van der Waals surface area contributed by atoms with Gasteiger partial charge in [-0.1, -0.05) is 6.07 Å². The number of aliphatic imine (C=N–C) groups is 1. The van der Waals surface area contributed by atoms with E-state index in [-0.39, 0.29) is 12.5 Å². The van der Waals surface area contributed by atoms with E-state index in [4.69, 9.17) is 9.47 Å². The van der Waals surface area contributed by atoms with E-state index < -0.39 is 0 Å². The smallest absolute Gasteiger partial charge is 0.244 e. The number of benzene rings is 1. The van der Waals surface area contributed by atoms with E-state index in [0.29, 0.717) is 19.2 Å². The van der Waals surface area contributed by atoms with Gasteiger partial charge in [-0.05, 0) is 31.9 Å². The van der Waals surface area contributed by atoms with Crippen LogP contribution in [0.15, 0.2) is 29.3 Å². The molecule has 2 N–H and O–H groups in total. The van der Waals surface area contributed by atoms with E-state index in [1.807, 2.05) is 36.1 Å². The predicted molar refractivity (Wildman–Crippen MR) is 104 cm³/mol. The number of ether oxygens (including phenoxy) is 2. The molecule has 0 bridgehead atoms. The molecule has 7 heteroatoms. The lowest BCUT2D eigenvalue weighted by Crippen LogP contribution is -2.34. The summed E-state index contributed by atoms with van der Waals surface area (Å²) >= 11 is 0. The maximum atomic E-state index is 12.2. The molecule has 0 atom stereocenters. The van der Waals surface area contributed by atoms with E-state index >= 15 is 0 Å². The van der Waals surface area contributed by atoms with E-state index in [9.17, 15) is 4.79 Å². The van der Waals surface area contributed by atoms with Gasteiger partial charge in [-0.25, -0.2) is 4.99 Å². The van der Waals surface area contributed by atoms with Crippen LogP contribution < -0.4 is 15.4 Å². The molecule has 1 aliphatic heterocycles. The zero-order valence-corrected chi connectivity index (χ0v) is 15.8. The molecule has 0 aliphatic carbocycles. The summed E-state index contributed by atoms with van der Waals surface area (Å²) in [6, 6.07) is 7.70. The van der Waals surface area contributed by atoms with Crippen molar-refractivity contribution in [3.05, 3.63) is 24.3 Å². The molecule has 0 saturated carbocycles. The summed E-state index contributed by atoms with van der Waals surface area (Å²) in [7, 11) is 1.68. The van der Waals surface area contributed by atoms with Gasteiger partial charge in [-0.3, -0.25) is 4.79 Å². The molecule has 2 rings (SSSR count). The van der Waals surface area contributed by atoms with Crippen LogP contribution >= 0.6 is 0 Å². The Morgan fingerprint density at radius 1 is 1.27 bits per heavy atom. The molecule has 1 aromatic rings. The Labute approximate surface area is 155 Å². The molecule has 0 spiro atoms. The van der Waals surface area contributed by atoms with Crippen LogP contribution in [0.1, 0.15) is 26.2 Å². The lowest BCUT2D eigenvalue weighted by molar-refractivity contribution is -0.128. The van der Waals surface area contributed by atoms with E-state index in [1.54, 1.807) is 7.11 Å². The number of guanidine groups is 1. The zero-order chi connectivity index (χ0) is 18.6. The molecule has 0 radical (unpaired) electrons. The number of amides is 1. The first-order valence-electron chi connectivity index (χ1n) is 9.28. The third-order valence-corrected chi connectivity index (χ3v) is 4.03. The fraction of sp³-hybridized carbons (Fsp3) is 0.579. The first-order valence-corrected chi connectivity index (χ1v) is 9.28. The van der Waals surface area contributed by atoms with Gasteiger partial charge in [0.25, 0.3) is 0 Å². The van der Waals surface area contributed by atoms with Crippen LogP contribution in [0.5, 0.6) is 5.75 Å². The Hall–Kier alpha value is -2.28. The first kappa shape index (κ1) is 20.0. The van der Waals surface area contributed by atoms with Crippen LogP contribution in [-0.2, 0) is 9.53 Å². The van der Waals surface area contributed by atoms with Crippen molar-refractivity contribution in [2.75, 3.05) is 51.8 Å².